The van der Waals surface area contributed by atoms with Crippen LogP contribution < -0.4 is 5.32 Å². The van der Waals surface area contributed by atoms with Crippen molar-refractivity contribution >= 4 is 16.9 Å². The lowest BCUT2D eigenvalue weighted by atomic mass is 10.2. The molecule has 0 saturated heterocycles. The van der Waals surface area contributed by atoms with Crippen LogP contribution >= 0.6 is 11.8 Å². The van der Waals surface area contributed by atoms with Gasteiger partial charge < -0.3 is 5.32 Å². The van der Waals surface area contributed by atoms with Crippen molar-refractivity contribution in [2.45, 2.75) is 44.8 Å². The molecule has 0 saturated carbocycles. The highest BCUT2D eigenvalue weighted by molar-refractivity contribution is 8.14. The lowest BCUT2D eigenvalue weighted by Gasteiger charge is -2.06. The van der Waals surface area contributed by atoms with E-state index in [9.17, 15) is 0 Å². The van der Waals surface area contributed by atoms with E-state index < -0.39 is 0 Å². The Morgan fingerprint density at radius 2 is 2.31 bits per heavy atom. The van der Waals surface area contributed by atoms with Gasteiger partial charge in [0.1, 0.15) is 0 Å². The number of aliphatic imine (C=N–C) groups is 1. The summed E-state index contributed by atoms with van der Waals surface area (Å²) in [6.45, 7) is 6.57. The maximum absolute atomic E-state index is 4.45. The summed E-state index contributed by atoms with van der Waals surface area (Å²) in [5.74, 6) is 0. The molecule has 0 aliphatic carbocycles. The quantitative estimate of drug-likeness (QED) is 0.690. The van der Waals surface area contributed by atoms with E-state index in [2.05, 4.69) is 24.2 Å². The zero-order chi connectivity index (χ0) is 9.52. The maximum Gasteiger partial charge on any atom is 0.156 e. The van der Waals surface area contributed by atoms with E-state index in [1.54, 1.807) is 0 Å². The molecule has 0 aromatic heterocycles. The number of amidine groups is 1. The molecule has 1 N–H and O–H groups in total. The van der Waals surface area contributed by atoms with Crippen LogP contribution in [0.4, 0.5) is 0 Å². The molecule has 0 aromatic carbocycles. The Bertz CT molecular complexity index is 168. The lowest BCUT2D eigenvalue weighted by molar-refractivity contribution is 0.698. The average Bonchev–Trinajstić information content (AvgIpc) is 2.60. The van der Waals surface area contributed by atoms with Gasteiger partial charge in [0.2, 0.25) is 0 Å². The molecule has 0 amide bonds. The second kappa shape index (κ2) is 6.30. The summed E-state index contributed by atoms with van der Waals surface area (Å²) in [7, 11) is 0. The predicted molar refractivity (Wildman–Crippen MR) is 61.5 cm³/mol. The first-order valence-corrected chi connectivity index (χ1v) is 6.19. The summed E-state index contributed by atoms with van der Waals surface area (Å²) >= 11 is 1.91. The Hall–Kier alpha value is -0.180. The normalized spacial score (nSPS) is 21.7. The van der Waals surface area contributed by atoms with Crippen molar-refractivity contribution in [3.8, 4) is 0 Å². The molecule has 0 spiro atoms. The summed E-state index contributed by atoms with van der Waals surface area (Å²) in [5.41, 5.74) is 0. The minimum Gasteiger partial charge on any atom is -0.365 e. The molecule has 1 heterocycles. The average molecular weight is 200 g/mol. The molecule has 1 unspecified atom stereocenters. The van der Waals surface area contributed by atoms with Gasteiger partial charge in [-0.05, 0) is 12.8 Å². The van der Waals surface area contributed by atoms with Crippen LogP contribution in [-0.4, -0.2) is 23.5 Å². The summed E-state index contributed by atoms with van der Waals surface area (Å²) in [6.07, 6.45) is 5.11. The number of hydrogen-bond donors (Lipinski definition) is 1. The molecule has 0 fully saturated rings. The van der Waals surface area contributed by atoms with Crippen LogP contribution in [0.2, 0.25) is 0 Å². The maximum atomic E-state index is 4.45. The van der Waals surface area contributed by atoms with Gasteiger partial charge in [-0.1, -0.05) is 38.5 Å². The predicted octanol–water partition coefficient (Wildman–Crippen LogP) is 2.65. The van der Waals surface area contributed by atoms with Crippen LogP contribution in [0.15, 0.2) is 4.99 Å². The van der Waals surface area contributed by atoms with Crippen LogP contribution in [0.25, 0.3) is 0 Å². The fraction of sp³-hybridized carbons (Fsp3) is 0.900. The number of thioether (sulfide) groups is 1. The first kappa shape index (κ1) is 10.9. The molecule has 3 heteroatoms. The highest BCUT2D eigenvalue weighted by Gasteiger charge is 2.16. The highest BCUT2D eigenvalue weighted by atomic mass is 32.2. The number of unbranched alkanes of at least 4 members (excludes halogenated alkanes) is 2. The third-order valence-electron chi connectivity index (χ3n) is 2.23. The monoisotopic (exact) mass is 200 g/mol. The van der Waals surface area contributed by atoms with E-state index in [4.69, 9.17) is 0 Å². The van der Waals surface area contributed by atoms with E-state index in [1.165, 1.54) is 30.9 Å². The summed E-state index contributed by atoms with van der Waals surface area (Å²) in [4.78, 5) is 4.45. The van der Waals surface area contributed by atoms with Crippen molar-refractivity contribution in [3.05, 3.63) is 0 Å². The number of hydrogen-bond acceptors (Lipinski definition) is 3. The third kappa shape index (κ3) is 4.03. The van der Waals surface area contributed by atoms with Crippen molar-refractivity contribution in [2.75, 3.05) is 13.1 Å². The van der Waals surface area contributed by atoms with Crippen LogP contribution in [0.3, 0.4) is 0 Å². The molecule has 2 nitrogen and oxygen atoms in total. The zero-order valence-corrected chi connectivity index (χ0v) is 9.49. The minimum atomic E-state index is 0.730. The lowest BCUT2D eigenvalue weighted by Crippen LogP contribution is -2.20. The van der Waals surface area contributed by atoms with Crippen molar-refractivity contribution in [1.82, 2.24) is 5.32 Å². The largest absolute Gasteiger partial charge is 0.365 e. The second-order valence-corrected chi connectivity index (χ2v) is 4.72. The Labute approximate surface area is 85.6 Å². The van der Waals surface area contributed by atoms with E-state index >= 15 is 0 Å². The van der Waals surface area contributed by atoms with Gasteiger partial charge in [-0.25, -0.2) is 0 Å². The molecule has 1 aliphatic heterocycles. The first-order valence-electron chi connectivity index (χ1n) is 5.31. The van der Waals surface area contributed by atoms with Gasteiger partial charge >= 0.3 is 0 Å². The summed E-state index contributed by atoms with van der Waals surface area (Å²) in [5, 5.41) is 5.29. The summed E-state index contributed by atoms with van der Waals surface area (Å²) < 4.78 is 0. The van der Waals surface area contributed by atoms with Gasteiger partial charge in [0.15, 0.2) is 5.17 Å². The molecule has 1 rings (SSSR count). The van der Waals surface area contributed by atoms with E-state index in [1.807, 2.05) is 11.8 Å². The molecule has 0 aromatic rings. The molecule has 0 radical (unpaired) electrons. The fourth-order valence-corrected chi connectivity index (χ4v) is 2.26. The van der Waals surface area contributed by atoms with Crippen LogP contribution in [0.5, 0.6) is 0 Å². The smallest absolute Gasteiger partial charge is 0.156 e. The van der Waals surface area contributed by atoms with Crippen molar-refractivity contribution in [3.63, 3.8) is 0 Å². The minimum absolute atomic E-state index is 0.730. The molecule has 1 atom stereocenters. The summed E-state index contributed by atoms with van der Waals surface area (Å²) in [6, 6.07) is 0. The third-order valence-corrected chi connectivity index (χ3v) is 3.54. The van der Waals surface area contributed by atoms with Gasteiger partial charge in [0.05, 0.1) is 6.54 Å². The number of rotatable bonds is 5. The van der Waals surface area contributed by atoms with Crippen LogP contribution in [0, 0.1) is 0 Å². The number of nitrogens with one attached hydrogen (secondary N) is 1. The zero-order valence-electron chi connectivity index (χ0n) is 8.68. The Balaban J connectivity index is 2.03. The van der Waals surface area contributed by atoms with Crippen LogP contribution in [0.1, 0.15) is 39.5 Å². The topological polar surface area (TPSA) is 24.4 Å². The van der Waals surface area contributed by atoms with Gasteiger partial charge in [-0.15, -0.1) is 0 Å². The Morgan fingerprint density at radius 3 is 2.92 bits per heavy atom. The van der Waals surface area contributed by atoms with Gasteiger partial charge in [-0.3, -0.25) is 4.99 Å². The van der Waals surface area contributed by atoms with Crippen molar-refractivity contribution in [2.24, 2.45) is 4.99 Å². The van der Waals surface area contributed by atoms with Crippen molar-refractivity contribution in [1.29, 1.82) is 0 Å². The molecular formula is C10H20N2S. The fourth-order valence-electron chi connectivity index (χ4n) is 1.30. The molecule has 76 valence electrons. The molecule has 1 aliphatic rings. The van der Waals surface area contributed by atoms with Crippen LogP contribution in [-0.2, 0) is 0 Å². The molecular weight excluding hydrogens is 180 g/mol. The first-order chi connectivity index (χ1) is 6.36. The van der Waals surface area contributed by atoms with E-state index in [0.29, 0.717) is 0 Å². The molecule has 0 bridgehead atoms. The SMILES string of the molecule is CCCCCNC1=NCC(CC)S1. The Morgan fingerprint density at radius 1 is 1.46 bits per heavy atom. The van der Waals surface area contributed by atoms with Gasteiger partial charge in [0, 0.05) is 11.8 Å². The van der Waals surface area contributed by atoms with Gasteiger partial charge in [-0.2, -0.15) is 0 Å². The van der Waals surface area contributed by atoms with E-state index in [-0.39, 0.29) is 0 Å². The van der Waals surface area contributed by atoms with Gasteiger partial charge in [0.25, 0.3) is 0 Å². The Kier molecular flexibility index (Phi) is 5.28. The van der Waals surface area contributed by atoms with Crippen molar-refractivity contribution < 1.29 is 0 Å². The number of nitrogens with zero attached hydrogens (tertiary/aromatic N) is 1. The van der Waals surface area contributed by atoms with E-state index in [0.717, 1.165) is 18.3 Å². The standard InChI is InChI=1S/C10H20N2S/c1-3-5-6-7-11-10-12-8-9(4-2)13-10/h9H,3-8H2,1-2H3,(H,11,12). The second-order valence-electron chi connectivity index (χ2n) is 3.43. The molecule has 13 heavy (non-hydrogen) atoms. The highest BCUT2D eigenvalue weighted by Crippen LogP contribution is 2.21.